The highest BCUT2D eigenvalue weighted by Gasteiger charge is 1.99. The largest absolute Gasteiger partial charge is 0.206 e. The van der Waals surface area contributed by atoms with E-state index in [0.717, 1.165) is 11.1 Å². The Labute approximate surface area is 87.0 Å². The molecular formula is C12H7ClF. The average molecular weight is 206 g/mol. The second kappa shape index (κ2) is 3.81. The number of benzene rings is 2. The van der Waals surface area contributed by atoms with E-state index in [1.165, 1.54) is 6.07 Å². The molecule has 0 bridgehead atoms. The molecule has 0 atom stereocenters. The van der Waals surface area contributed by atoms with E-state index in [0.29, 0.717) is 5.02 Å². The summed E-state index contributed by atoms with van der Waals surface area (Å²) in [5.41, 5.74) is 1.72. The van der Waals surface area contributed by atoms with E-state index in [4.69, 9.17) is 11.6 Å². The second-order valence-electron chi connectivity index (χ2n) is 2.94. The standard InChI is InChI=1S/C12H7ClF/c13-11-5-1-3-9(7-11)10-4-2-6-12(14)8-10/h1-5,7-8H. The summed E-state index contributed by atoms with van der Waals surface area (Å²) in [6, 6.07) is 14.6. The Hall–Kier alpha value is -1.34. The first kappa shape index (κ1) is 9.22. The predicted octanol–water partition coefficient (Wildman–Crippen LogP) is 3.95. The maximum atomic E-state index is 12.9. The first-order chi connectivity index (χ1) is 6.75. The van der Waals surface area contributed by atoms with E-state index in [1.807, 2.05) is 12.1 Å². The highest BCUT2D eigenvalue weighted by Crippen LogP contribution is 2.22. The fraction of sp³-hybridized carbons (Fsp3) is 0. The number of halogens is 2. The Morgan fingerprint density at radius 3 is 2.57 bits per heavy atom. The molecule has 0 unspecified atom stereocenters. The van der Waals surface area contributed by atoms with Crippen molar-refractivity contribution in [2.45, 2.75) is 0 Å². The molecule has 2 aromatic rings. The van der Waals surface area contributed by atoms with Gasteiger partial charge in [0.2, 0.25) is 0 Å². The van der Waals surface area contributed by atoms with E-state index < -0.39 is 0 Å². The van der Waals surface area contributed by atoms with E-state index in [-0.39, 0.29) is 5.82 Å². The molecule has 0 aliphatic carbocycles. The zero-order chi connectivity index (χ0) is 9.97. The molecule has 2 heteroatoms. The van der Waals surface area contributed by atoms with Gasteiger partial charge in [-0.2, -0.15) is 0 Å². The molecule has 1 radical (unpaired) electrons. The van der Waals surface area contributed by atoms with Crippen molar-refractivity contribution in [2.24, 2.45) is 0 Å². The average Bonchev–Trinajstić information content (AvgIpc) is 2.18. The van der Waals surface area contributed by atoms with Crippen LogP contribution in [0.1, 0.15) is 0 Å². The lowest BCUT2D eigenvalue weighted by Crippen LogP contribution is -1.79. The van der Waals surface area contributed by atoms with E-state index >= 15 is 0 Å². The Bertz CT molecular complexity index is 408. The highest BCUT2D eigenvalue weighted by atomic mass is 35.5. The molecule has 0 aliphatic rings. The van der Waals surface area contributed by atoms with Gasteiger partial charge in [0.15, 0.2) is 0 Å². The van der Waals surface area contributed by atoms with Gasteiger partial charge in [0.05, 0.1) is 0 Å². The van der Waals surface area contributed by atoms with Gasteiger partial charge in [-0.1, -0.05) is 35.9 Å². The van der Waals surface area contributed by atoms with Gasteiger partial charge in [-0.05, 0) is 29.3 Å². The molecule has 0 amide bonds. The van der Waals surface area contributed by atoms with Gasteiger partial charge in [0, 0.05) is 11.1 Å². The minimum atomic E-state index is -0.359. The smallest absolute Gasteiger partial charge is 0.131 e. The number of hydrogen-bond acceptors (Lipinski definition) is 0. The van der Waals surface area contributed by atoms with Gasteiger partial charge < -0.3 is 0 Å². The van der Waals surface area contributed by atoms with Crippen molar-refractivity contribution in [3.63, 3.8) is 0 Å². The monoisotopic (exact) mass is 205 g/mol. The number of rotatable bonds is 1. The first-order valence-electron chi connectivity index (χ1n) is 4.19. The van der Waals surface area contributed by atoms with Crippen molar-refractivity contribution in [3.8, 4) is 11.1 Å². The van der Waals surface area contributed by atoms with Crippen molar-refractivity contribution >= 4 is 11.6 Å². The van der Waals surface area contributed by atoms with E-state index in [2.05, 4.69) is 6.07 Å². The highest BCUT2D eigenvalue weighted by molar-refractivity contribution is 6.30. The van der Waals surface area contributed by atoms with Crippen LogP contribution < -0.4 is 0 Å². The summed E-state index contributed by atoms with van der Waals surface area (Å²) in [7, 11) is 0. The van der Waals surface area contributed by atoms with Crippen LogP contribution in [0.5, 0.6) is 0 Å². The molecule has 69 valence electrons. The normalized spacial score (nSPS) is 10.1. The quantitative estimate of drug-likeness (QED) is 0.662. The molecular weight excluding hydrogens is 199 g/mol. The zero-order valence-corrected chi connectivity index (χ0v) is 8.05. The molecule has 0 saturated carbocycles. The van der Waals surface area contributed by atoms with Crippen LogP contribution in [0.25, 0.3) is 11.1 Å². The van der Waals surface area contributed by atoms with Crippen molar-refractivity contribution in [1.82, 2.24) is 0 Å². The van der Waals surface area contributed by atoms with Crippen molar-refractivity contribution in [2.75, 3.05) is 0 Å². The van der Waals surface area contributed by atoms with Gasteiger partial charge in [-0.25, -0.2) is 4.39 Å². The zero-order valence-electron chi connectivity index (χ0n) is 7.30. The van der Waals surface area contributed by atoms with Gasteiger partial charge >= 0.3 is 0 Å². The summed E-state index contributed by atoms with van der Waals surface area (Å²) < 4.78 is 12.9. The Balaban J connectivity index is 2.49. The summed E-state index contributed by atoms with van der Waals surface area (Å²) >= 11 is 5.83. The lowest BCUT2D eigenvalue weighted by Gasteiger charge is -2.01. The molecule has 0 fully saturated rings. The summed E-state index contributed by atoms with van der Waals surface area (Å²) in [6.07, 6.45) is 0. The van der Waals surface area contributed by atoms with Gasteiger partial charge in [-0.15, -0.1) is 0 Å². The fourth-order valence-electron chi connectivity index (χ4n) is 1.28. The van der Waals surface area contributed by atoms with Crippen LogP contribution in [0.15, 0.2) is 42.5 Å². The fourth-order valence-corrected chi connectivity index (χ4v) is 1.48. The summed E-state index contributed by atoms with van der Waals surface area (Å²) in [5, 5.41) is 0.649. The molecule has 0 saturated heterocycles. The SMILES string of the molecule is Fc1[c]ccc(-c2cccc(Cl)c2)c1. The minimum absolute atomic E-state index is 0.359. The molecule has 2 aromatic carbocycles. The molecule has 2 rings (SSSR count). The molecule has 0 nitrogen and oxygen atoms in total. The van der Waals surface area contributed by atoms with Crippen LogP contribution in [0.3, 0.4) is 0 Å². The minimum Gasteiger partial charge on any atom is -0.206 e. The van der Waals surface area contributed by atoms with Gasteiger partial charge in [0.25, 0.3) is 0 Å². The van der Waals surface area contributed by atoms with E-state index in [9.17, 15) is 4.39 Å². The second-order valence-corrected chi connectivity index (χ2v) is 3.37. The predicted molar refractivity (Wildman–Crippen MR) is 55.7 cm³/mol. The molecule has 14 heavy (non-hydrogen) atoms. The van der Waals surface area contributed by atoms with Crippen LogP contribution in [0.2, 0.25) is 5.02 Å². The van der Waals surface area contributed by atoms with Gasteiger partial charge in [-0.3, -0.25) is 0 Å². The Morgan fingerprint density at radius 1 is 1.07 bits per heavy atom. The molecule has 0 spiro atoms. The van der Waals surface area contributed by atoms with Crippen LogP contribution in [0, 0.1) is 11.9 Å². The van der Waals surface area contributed by atoms with E-state index in [1.54, 1.807) is 24.3 Å². The lowest BCUT2D eigenvalue weighted by molar-refractivity contribution is 0.626. The molecule has 0 aromatic heterocycles. The van der Waals surface area contributed by atoms with Crippen molar-refractivity contribution < 1.29 is 4.39 Å². The maximum absolute atomic E-state index is 12.9. The molecule has 0 N–H and O–H groups in total. The number of hydrogen-bond donors (Lipinski definition) is 0. The summed E-state index contributed by atoms with van der Waals surface area (Å²) in [4.78, 5) is 0. The molecule has 0 aliphatic heterocycles. The van der Waals surface area contributed by atoms with Crippen LogP contribution in [-0.2, 0) is 0 Å². The van der Waals surface area contributed by atoms with Crippen LogP contribution >= 0.6 is 11.6 Å². The van der Waals surface area contributed by atoms with Crippen LogP contribution in [0.4, 0.5) is 4.39 Å². The van der Waals surface area contributed by atoms with Gasteiger partial charge in [0.1, 0.15) is 5.82 Å². The lowest BCUT2D eigenvalue weighted by atomic mass is 10.1. The summed E-state index contributed by atoms with van der Waals surface area (Å²) in [6.45, 7) is 0. The third-order valence-corrected chi connectivity index (χ3v) is 2.16. The topological polar surface area (TPSA) is 0 Å². The third kappa shape index (κ3) is 1.94. The summed E-state index contributed by atoms with van der Waals surface area (Å²) in [5.74, 6) is -0.359. The Morgan fingerprint density at radius 2 is 1.86 bits per heavy atom. The maximum Gasteiger partial charge on any atom is 0.131 e. The first-order valence-corrected chi connectivity index (χ1v) is 4.57. The molecule has 0 heterocycles. The van der Waals surface area contributed by atoms with Crippen molar-refractivity contribution in [3.05, 3.63) is 59.4 Å². The van der Waals surface area contributed by atoms with Crippen LogP contribution in [-0.4, -0.2) is 0 Å². The third-order valence-electron chi connectivity index (χ3n) is 1.92. The van der Waals surface area contributed by atoms with Crippen molar-refractivity contribution in [1.29, 1.82) is 0 Å². The Kier molecular flexibility index (Phi) is 2.51.